The van der Waals surface area contributed by atoms with Crippen molar-refractivity contribution in [1.29, 1.82) is 0 Å². The second kappa shape index (κ2) is 8.16. The van der Waals surface area contributed by atoms with Gasteiger partial charge in [0.2, 0.25) is 5.91 Å². The highest BCUT2D eigenvalue weighted by molar-refractivity contribution is 7.09. The van der Waals surface area contributed by atoms with Gasteiger partial charge in [0.05, 0.1) is 0 Å². The van der Waals surface area contributed by atoms with E-state index in [0.717, 1.165) is 32.5 Å². The lowest BCUT2D eigenvalue weighted by Crippen LogP contribution is -2.50. The number of likely N-dealkylation sites (tertiary alicyclic amines) is 1. The van der Waals surface area contributed by atoms with E-state index < -0.39 is 0 Å². The van der Waals surface area contributed by atoms with Crippen LogP contribution in [0.1, 0.15) is 37.0 Å². The lowest BCUT2D eigenvalue weighted by atomic mass is 9.89. The number of piperidine rings is 1. The number of halogens is 1. The van der Waals surface area contributed by atoms with Gasteiger partial charge >= 0.3 is 0 Å². The number of amides is 1. The second-order valence-corrected chi connectivity index (χ2v) is 7.06. The predicted molar refractivity (Wildman–Crippen MR) is 90.2 cm³/mol. The fourth-order valence-corrected chi connectivity index (χ4v) is 4.19. The van der Waals surface area contributed by atoms with E-state index >= 15 is 0 Å². The van der Waals surface area contributed by atoms with E-state index in [1.54, 1.807) is 11.3 Å². The van der Waals surface area contributed by atoms with Crippen molar-refractivity contribution in [3.63, 3.8) is 0 Å². The molecule has 1 N–H and O–H groups in total. The maximum Gasteiger partial charge on any atom is 0.222 e. The number of carbonyl (C=O) groups excluding carboxylic acids is 1. The van der Waals surface area contributed by atoms with Gasteiger partial charge < -0.3 is 10.2 Å². The molecule has 2 fully saturated rings. The van der Waals surface area contributed by atoms with Crippen molar-refractivity contribution < 1.29 is 4.79 Å². The van der Waals surface area contributed by atoms with Crippen LogP contribution in [0.5, 0.6) is 0 Å². The Balaban J connectivity index is 0.00000161. The Hall–Kier alpha value is -0.580. The lowest BCUT2D eigenvalue weighted by molar-refractivity contribution is -0.133. The molecule has 118 valence electrons. The summed E-state index contributed by atoms with van der Waals surface area (Å²) >= 11 is 1.75. The van der Waals surface area contributed by atoms with Crippen LogP contribution in [0.25, 0.3) is 0 Å². The molecular weight excluding hydrogens is 304 g/mol. The minimum absolute atomic E-state index is 0. The maximum absolute atomic E-state index is 12.4. The van der Waals surface area contributed by atoms with Gasteiger partial charge in [0.1, 0.15) is 0 Å². The molecule has 5 heteroatoms. The van der Waals surface area contributed by atoms with Crippen molar-refractivity contribution in [3.8, 4) is 0 Å². The third-order valence-electron chi connectivity index (χ3n) is 4.66. The third-order valence-corrected chi connectivity index (χ3v) is 5.60. The highest BCUT2D eigenvalue weighted by Gasteiger charge is 2.31. The molecule has 3 rings (SSSR count). The molecule has 0 spiro atoms. The Morgan fingerprint density at radius 1 is 1.38 bits per heavy atom. The Labute approximate surface area is 137 Å². The molecule has 2 saturated heterocycles. The van der Waals surface area contributed by atoms with Crippen molar-refractivity contribution in [1.82, 2.24) is 10.2 Å². The zero-order valence-electron chi connectivity index (χ0n) is 12.4. The van der Waals surface area contributed by atoms with Crippen molar-refractivity contribution in [2.45, 2.75) is 44.6 Å². The molecule has 2 aliphatic rings. The van der Waals surface area contributed by atoms with Crippen molar-refractivity contribution in [2.24, 2.45) is 5.92 Å². The molecule has 1 aromatic heterocycles. The summed E-state index contributed by atoms with van der Waals surface area (Å²) < 4.78 is 0. The first-order valence-electron chi connectivity index (χ1n) is 7.86. The highest BCUT2D eigenvalue weighted by atomic mass is 35.5. The summed E-state index contributed by atoms with van der Waals surface area (Å²) in [6.07, 6.45) is 6.59. The minimum Gasteiger partial charge on any atom is -0.342 e. The first kappa shape index (κ1) is 16.8. The molecule has 0 radical (unpaired) electrons. The van der Waals surface area contributed by atoms with Crippen LogP contribution in [0, 0.1) is 5.92 Å². The number of fused-ring (bicyclic) bond motifs is 1. The van der Waals surface area contributed by atoms with Crippen LogP contribution in [0.2, 0.25) is 0 Å². The quantitative estimate of drug-likeness (QED) is 0.924. The zero-order chi connectivity index (χ0) is 13.8. The second-order valence-electron chi connectivity index (χ2n) is 6.02. The van der Waals surface area contributed by atoms with Gasteiger partial charge in [-0.1, -0.05) is 12.5 Å². The summed E-state index contributed by atoms with van der Waals surface area (Å²) in [6.45, 7) is 3.08. The number of aryl methyl sites for hydroxylation is 1. The van der Waals surface area contributed by atoms with Gasteiger partial charge in [-0.25, -0.2) is 0 Å². The fraction of sp³-hybridized carbons (Fsp3) is 0.688. The van der Waals surface area contributed by atoms with E-state index in [0.29, 0.717) is 24.3 Å². The van der Waals surface area contributed by atoms with Gasteiger partial charge in [0.25, 0.3) is 0 Å². The van der Waals surface area contributed by atoms with Crippen molar-refractivity contribution in [3.05, 3.63) is 22.4 Å². The summed E-state index contributed by atoms with van der Waals surface area (Å²) in [6, 6.07) is 4.84. The minimum atomic E-state index is 0. The van der Waals surface area contributed by atoms with E-state index in [9.17, 15) is 4.79 Å². The number of nitrogens with zero attached hydrogens (tertiary/aromatic N) is 1. The molecule has 3 nitrogen and oxygen atoms in total. The molecule has 0 saturated carbocycles. The maximum atomic E-state index is 12.4. The van der Waals surface area contributed by atoms with Gasteiger partial charge in [-0.15, -0.1) is 23.7 Å². The molecule has 21 heavy (non-hydrogen) atoms. The van der Waals surface area contributed by atoms with Crippen LogP contribution in [0.15, 0.2) is 17.5 Å². The average molecular weight is 329 g/mol. The average Bonchev–Trinajstić information content (AvgIpc) is 2.88. The number of nitrogens with one attached hydrogen (secondary N) is 1. The zero-order valence-corrected chi connectivity index (χ0v) is 14.1. The predicted octanol–water partition coefficient (Wildman–Crippen LogP) is 3.09. The van der Waals surface area contributed by atoms with Gasteiger partial charge in [0, 0.05) is 30.4 Å². The largest absolute Gasteiger partial charge is 0.342 e. The first-order valence-corrected chi connectivity index (χ1v) is 8.74. The van der Waals surface area contributed by atoms with Gasteiger partial charge in [-0.3, -0.25) is 4.79 Å². The van der Waals surface area contributed by atoms with Gasteiger partial charge in [-0.05, 0) is 49.6 Å². The molecule has 0 aliphatic carbocycles. The van der Waals surface area contributed by atoms with Crippen LogP contribution in [-0.2, 0) is 11.2 Å². The van der Waals surface area contributed by atoms with Crippen LogP contribution in [-0.4, -0.2) is 36.5 Å². The van der Waals surface area contributed by atoms with Crippen LogP contribution >= 0.6 is 23.7 Å². The van der Waals surface area contributed by atoms with Crippen LogP contribution in [0.4, 0.5) is 0 Å². The Morgan fingerprint density at radius 3 is 3.10 bits per heavy atom. The van der Waals surface area contributed by atoms with E-state index in [-0.39, 0.29) is 12.4 Å². The normalized spacial score (nSPS) is 25.6. The Kier molecular flexibility index (Phi) is 6.52. The molecular formula is C16H25ClN2OS. The topological polar surface area (TPSA) is 32.3 Å². The Morgan fingerprint density at radius 2 is 2.29 bits per heavy atom. The van der Waals surface area contributed by atoms with Crippen molar-refractivity contribution >= 4 is 29.7 Å². The number of carbonyl (C=O) groups is 1. The summed E-state index contributed by atoms with van der Waals surface area (Å²) in [4.78, 5) is 15.8. The number of hydrogen-bond donors (Lipinski definition) is 1. The molecule has 2 atom stereocenters. The monoisotopic (exact) mass is 328 g/mol. The molecule has 0 bridgehead atoms. The summed E-state index contributed by atoms with van der Waals surface area (Å²) in [5.74, 6) is 1.03. The summed E-state index contributed by atoms with van der Waals surface area (Å²) in [5.41, 5.74) is 0. The molecule has 1 amide bonds. The van der Waals surface area contributed by atoms with E-state index in [1.807, 2.05) is 0 Å². The highest BCUT2D eigenvalue weighted by Crippen LogP contribution is 2.25. The number of rotatable bonds is 3. The molecule has 1 aromatic rings. The standard InChI is InChI=1S/C16H24N2OS.ClH/c19-16(7-6-14-5-3-11-20-14)18-10-8-15-13(12-18)4-1-2-9-17-15;/h3,5,11,13,15,17H,1-2,4,6-10,12H2;1H/t13-,15+;/m0./s1. The lowest BCUT2D eigenvalue weighted by Gasteiger charge is -2.38. The molecule has 2 aliphatic heterocycles. The Bertz CT molecular complexity index is 437. The van der Waals surface area contributed by atoms with Crippen molar-refractivity contribution in [2.75, 3.05) is 19.6 Å². The van der Waals surface area contributed by atoms with Crippen LogP contribution < -0.4 is 5.32 Å². The number of thiophene rings is 1. The van der Waals surface area contributed by atoms with E-state index in [4.69, 9.17) is 0 Å². The van der Waals surface area contributed by atoms with Crippen LogP contribution in [0.3, 0.4) is 0 Å². The molecule has 0 unspecified atom stereocenters. The smallest absolute Gasteiger partial charge is 0.222 e. The summed E-state index contributed by atoms with van der Waals surface area (Å²) in [5, 5.41) is 5.75. The molecule has 3 heterocycles. The number of hydrogen-bond acceptors (Lipinski definition) is 3. The molecule has 0 aromatic carbocycles. The summed E-state index contributed by atoms with van der Waals surface area (Å²) in [7, 11) is 0. The van der Waals surface area contributed by atoms with E-state index in [2.05, 4.69) is 27.7 Å². The first-order chi connectivity index (χ1) is 9.83. The van der Waals surface area contributed by atoms with Gasteiger partial charge in [0.15, 0.2) is 0 Å². The fourth-order valence-electron chi connectivity index (χ4n) is 3.48. The SMILES string of the molecule is Cl.O=C(CCc1cccs1)N1CC[C@H]2NCCCC[C@H]2C1. The third kappa shape index (κ3) is 4.44. The van der Waals surface area contributed by atoms with Gasteiger partial charge in [-0.2, -0.15) is 0 Å². The van der Waals surface area contributed by atoms with E-state index in [1.165, 1.54) is 24.1 Å².